The minimum absolute atomic E-state index is 0. The van der Waals surface area contributed by atoms with E-state index in [1.54, 1.807) is 0 Å². The molecule has 0 heterocycles. The van der Waals surface area contributed by atoms with Gasteiger partial charge >= 0.3 is 0 Å². The van der Waals surface area contributed by atoms with Gasteiger partial charge in [-0.1, -0.05) is 30.7 Å². The van der Waals surface area contributed by atoms with Gasteiger partial charge in [0.15, 0.2) is 0 Å². The molecule has 1 aromatic rings. The molecule has 0 radical (unpaired) electrons. The molecule has 4 heteroatoms. The van der Waals surface area contributed by atoms with Crippen molar-refractivity contribution in [2.75, 3.05) is 6.54 Å². The van der Waals surface area contributed by atoms with Crippen molar-refractivity contribution in [3.63, 3.8) is 0 Å². The Morgan fingerprint density at radius 3 is 2.90 bits per heavy atom. The average molecular weight is 307 g/mol. The van der Waals surface area contributed by atoms with Gasteiger partial charge in [-0.05, 0) is 48.8 Å². The van der Waals surface area contributed by atoms with Crippen LogP contribution in [0.1, 0.15) is 36.3 Å². The highest BCUT2D eigenvalue weighted by molar-refractivity contribution is 5.85. The van der Waals surface area contributed by atoms with Gasteiger partial charge in [0, 0.05) is 17.9 Å². The predicted molar refractivity (Wildman–Crippen MR) is 85.4 cm³/mol. The minimum atomic E-state index is 0. The molecule has 0 saturated heterocycles. The second-order valence-corrected chi connectivity index (χ2v) is 6.66. The smallest absolute Gasteiger partial charge is 0.223 e. The Hall–Kier alpha value is -1.06. The third kappa shape index (κ3) is 2.36. The van der Waals surface area contributed by atoms with Crippen LogP contribution in [-0.2, 0) is 11.2 Å². The maximum Gasteiger partial charge on any atom is 0.223 e. The van der Waals surface area contributed by atoms with Crippen LogP contribution in [0.15, 0.2) is 24.3 Å². The lowest BCUT2D eigenvalue weighted by Gasteiger charge is -2.18. The molecule has 3 unspecified atom stereocenters. The third-order valence-electron chi connectivity index (χ3n) is 5.65. The molecule has 0 aromatic heterocycles. The summed E-state index contributed by atoms with van der Waals surface area (Å²) >= 11 is 0. The third-order valence-corrected chi connectivity index (χ3v) is 5.65. The van der Waals surface area contributed by atoms with Crippen LogP contribution in [0.25, 0.3) is 0 Å². The highest BCUT2D eigenvalue weighted by Gasteiger charge is 2.56. The highest BCUT2D eigenvalue weighted by Crippen LogP contribution is 2.56. The van der Waals surface area contributed by atoms with Crippen molar-refractivity contribution < 1.29 is 4.79 Å². The van der Waals surface area contributed by atoms with Gasteiger partial charge in [-0.15, -0.1) is 12.4 Å². The van der Waals surface area contributed by atoms with Gasteiger partial charge in [-0.3, -0.25) is 4.79 Å². The maximum absolute atomic E-state index is 12.4. The van der Waals surface area contributed by atoms with Gasteiger partial charge in [-0.2, -0.15) is 0 Å². The van der Waals surface area contributed by atoms with Crippen molar-refractivity contribution in [3.8, 4) is 0 Å². The summed E-state index contributed by atoms with van der Waals surface area (Å²) in [5.41, 5.74) is 8.73. The second-order valence-electron chi connectivity index (χ2n) is 6.66. The van der Waals surface area contributed by atoms with E-state index in [4.69, 9.17) is 5.73 Å². The van der Waals surface area contributed by atoms with Crippen molar-refractivity contribution in [2.24, 2.45) is 23.5 Å². The summed E-state index contributed by atoms with van der Waals surface area (Å²) in [5, 5.41) is 3.31. The number of halogens is 1. The number of hydrogen-bond donors (Lipinski definition) is 2. The molecule has 2 saturated carbocycles. The Morgan fingerprint density at radius 1 is 1.29 bits per heavy atom. The molecular formula is C17H23ClN2O. The van der Waals surface area contributed by atoms with E-state index in [9.17, 15) is 4.79 Å². The molecule has 21 heavy (non-hydrogen) atoms. The lowest BCUT2D eigenvalue weighted by atomic mass is 9.95. The van der Waals surface area contributed by atoms with Gasteiger partial charge in [0.25, 0.3) is 0 Å². The van der Waals surface area contributed by atoms with E-state index >= 15 is 0 Å². The molecule has 4 rings (SSSR count). The van der Waals surface area contributed by atoms with Gasteiger partial charge in [0.05, 0.1) is 0 Å². The molecule has 0 spiro atoms. The quantitative estimate of drug-likeness (QED) is 0.900. The van der Waals surface area contributed by atoms with Crippen LogP contribution >= 0.6 is 12.4 Å². The molecule has 1 amide bonds. The number of carbonyl (C=O) groups is 1. The second kappa shape index (κ2) is 5.62. The summed E-state index contributed by atoms with van der Waals surface area (Å²) in [6, 6.07) is 9.06. The van der Waals surface area contributed by atoms with Crippen LogP contribution in [0.3, 0.4) is 0 Å². The first-order chi connectivity index (χ1) is 9.79. The molecule has 114 valence electrons. The zero-order valence-corrected chi connectivity index (χ0v) is 12.9. The van der Waals surface area contributed by atoms with Crippen LogP contribution in [-0.4, -0.2) is 18.5 Å². The monoisotopic (exact) mass is 306 g/mol. The largest absolute Gasteiger partial charge is 0.352 e. The molecule has 2 fully saturated rings. The molecule has 1 aromatic carbocycles. The van der Waals surface area contributed by atoms with E-state index in [1.807, 2.05) is 0 Å². The number of fused-ring (bicyclic) bond motifs is 3. The molecule has 0 bridgehead atoms. The summed E-state index contributed by atoms with van der Waals surface area (Å²) in [7, 11) is 0. The Balaban J connectivity index is 0.00000132. The zero-order chi connectivity index (χ0) is 13.7. The lowest BCUT2D eigenvalue weighted by molar-refractivity contribution is -0.126. The van der Waals surface area contributed by atoms with Crippen LogP contribution in [0.5, 0.6) is 0 Å². The summed E-state index contributed by atoms with van der Waals surface area (Å²) in [6.45, 7) is 0.651. The average Bonchev–Trinajstić information content (AvgIpc) is 2.87. The Morgan fingerprint density at radius 2 is 2.10 bits per heavy atom. The summed E-state index contributed by atoms with van der Waals surface area (Å²) < 4.78 is 0. The number of hydrogen-bond acceptors (Lipinski definition) is 2. The molecule has 0 aliphatic heterocycles. The molecule has 3 nitrogen and oxygen atoms in total. The number of carbonyl (C=O) groups excluding carboxylic acids is 1. The fourth-order valence-corrected chi connectivity index (χ4v) is 4.48. The SMILES string of the molecule is Cl.NC[C@H]1CCC[C@H]1C(=O)NC1C2Cc3ccccc3C21. The normalized spacial score (nSPS) is 35.6. The standard InChI is InChI=1S/C17H22N2O.ClH/c18-9-11-5-3-7-13(11)17(20)19-16-14-8-10-4-1-2-6-12(10)15(14)16;/h1-2,4,6,11,13-16H,3,5,7-9,18H2,(H,19,20);1H/t11-,13-,14?,15?,16?;/m1./s1. The maximum atomic E-state index is 12.4. The number of nitrogens with two attached hydrogens (primary N) is 1. The van der Waals surface area contributed by atoms with Crippen LogP contribution < -0.4 is 11.1 Å². The van der Waals surface area contributed by atoms with E-state index in [1.165, 1.54) is 11.1 Å². The van der Waals surface area contributed by atoms with Crippen molar-refractivity contribution in [1.82, 2.24) is 5.32 Å². The number of nitrogens with one attached hydrogen (secondary N) is 1. The number of amides is 1. The number of rotatable bonds is 3. The summed E-state index contributed by atoms with van der Waals surface area (Å²) in [4.78, 5) is 12.4. The predicted octanol–water partition coefficient (Wildman–Crippen LogP) is 2.24. The van der Waals surface area contributed by atoms with E-state index in [0.29, 0.717) is 30.3 Å². The lowest BCUT2D eigenvalue weighted by Crippen LogP contribution is -2.37. The first-order valence-corrected chi connectivity index (χ1v) is 7.88. The van der Waals surface area contributed by atoms with E-state index < -0.39 is 0 Å². The van der Waals surface area contributed by atoms with Crippen molar-refractivity contribution in [1.29, 1.82) is 0 Å². The zero-order valence-electron chi connectivity index (χ0n) is 12.1. The van der Waals surface area contributed by atoms with Crippen LogP contribution in [0.2, 0.25) is 0 Å². The van der Waals surface area contributed by atoms with Crippen LogP contribution in [0, 0.1) is 17.8 Å². The number of benzene rings is 1. The van der Waals surface area contributed by atoms with Crippen molar-refractivity contribution in [3.05, 3.63) is 35.4 Å². The van der Waals surface area contributed by atoms with Crippen molar-refractivity contribution >= 4 is 18.3 Å². The molecular weight excluding hydrogens is 284 g/mol. The van der Waals surface area contributed by atoms with Gasteiger partial charge < -0.3 is 11.1 Å². The van der Waals surface area contributed by atoms with E-state index in [-0.39, 0.29) is 24.2 Å². The van der Waals surface area contributed by atoms with Crippen LogP contribution in [0.4, 0.5) is 0 Å². The Bertz CT molecular complexity index is 547. The van der Waals surface area contributed by atoms with Gasteiger partial charge in [0.2, 0.25) is 5.91 Å². The molecule has 3 N–H and O–H groups in total. The summed E-state index contributed by atoms with van der Waals surface area (Å²) in [5.74, 6) is 2.05. The van der Waals surface area contributed by atoms with Gasteiger partial charge in [-0.25, -0.2) is 0 Å². The topological polar surface area (TPSA) is 55.1 Å². The first kappa shape index (κ1) is 14.9. The first-order valence-electron chi connectivity index (χ1n) is 7.88. The van der Waals surface area contributed by atoms with Crippen molar-refractivity contribution in [2.45, 2.75) is 37.6 Å². The molecule has 5 atom stereocenters. The Kier molecular flexibility index (Phi) is 3.98. The van der Waals surface area contributed by atoms with E-state index in [0.717, 1.165) is 25.7 Å². The summed E-state index contributed by atoms with van der Waals surface area (Å²) in [6.07, 6.45) is 4.43. The van der Waals surface area contributed by atoms with Gasteiger partial charge in [0.1, 0.15) is 0 Å². The fraction of sp³-hybridized carbons (Fsp3) is 0.588. The van der Waals surface area contributed by atoms with E-state index in [2.05, 4.69) is 29.6 Å². The fourth-order valence-electron chi connectivity index (χ4n) is 4.48. The highest BCUT2D eigenvalue weighted by atomic mass is 35.5. The molecule has 3 aliphatic carbocycles. The Labute approximate surface area is 132 Å². The molecule has 3 aliphatic rings. The minimum Gasteiger partial charge on any atom is -0.352 e.